The van der Waals surface area contributed by atoms with Crippen molar-refractivity contribution < 1.29 is 19.4 Å². The highest BCUT2D eigenvalue weighted by Crippen LogP contribution is 2.15. The average molecular weight is 286 g/mol. The summed E-state index contributed by atoms with van der Waals surface area (Å²) in [5.74, 6) is -0.543. The number of ether oxygens (including phenoxy) is 1. The molecular formula is C14H26N2O4. The molecule has 0 radical (unpaired) electrons. The number of carboxylic acid groups (broad SMARTS) is 1. The molecule has 0 saturated carbocycles. The third-order valence-corrected chi connectivity index (χ3v) is 3.40. The van der Waals surface area contributed by atoms with Crippen LogP contribution in [0.2, 0.25) is 0 Å². The van der Waals surface area contributed by atoms with Crippen LogP contribution >= 0.6 is 0 Å². The fourth-order valence-electron chi connectivity index (χ4n) is 2.12. The van der Waals surface area contributed by atoms with Crippen LogP contribution in [0.5, 0.6) is 0 Å². The number of hydrogen-bond acceptors (Lipinski definition) is 4. The minimum Gasteiger partial charge on any atom is -0.481 e. The molecule has 6 nitrogen and oxygen atoms in total. The Bertz CT molecular complexity index is 320. The van der Waals surface area contributed by atoms with Gasteiger partial charge in [0.05, 0.1) is 19.1 Å². The molecule has 1 heterocycles. The van der Waals surface area contributed by atoms with Gasteiger partial charge in [0.15, 0.2) is 0 Å². The summed E-state index contributed by atoms with van der Waals surface area (Å²) in [7, 11) is 0. The molecule has 20 heavy (non-hydrogen) atoms. The number of nitrogens with zero attached hydrogens (tertiary/aromatic N) is 1. The molecule has 0 bridgehead atoms. The first-order chi connectivity index (χ1) is 9.49. The number of carboxylic acids is 1. The third kappa shape index (κ3) is 6.86. The fraction of sp³-hybridized carbons (Fsp3) is 0.857. The van der Waals surface area contributed by atoms with Crippen molar-refractivity contribution in [2.45, 2.75) is 26.7 Å². The number of carbonyl (C=O) groups is 2. The Kier molecular flexibility index (Phi) is 7.54. The first-order valence-electron chi connectivity index (χ1n) is 7.28. The van der Waals surface area contributed by atoms with Crippen LogP contribution in [-0.2, 0) is 14.3 Å². The standard InChI is InChI=1S/C14H26N2O4/c1-11(2)4-7-20-8-5-15-13(17)10-16-6-3-12(9-16)14(18)19/h11-12H,3-10H2,1-2H3,(H,15,17)(H,18,19). The van der Waals surface area contributed by atoms with E-state index in [2.05, 4.69) is 19.2 Å². The molecule has 1 fully saturated rings. The lowest BCUT2D eigenvalue weighted by molar-refractivity contribution is -0.141. The molecule has 0 spiro atoms. The molecule has 1 saturated heterocycles. The van der Waals surface area contributed by atoms with Gasteiger partial charge >= 0.3 is 5.97 Å². The molecule has 2 N–H and O–H groups in total. The van der Waals surface area contributed by atoms with Crippen molar-refractivity contribution in [2.75, 3.05) is 39.4 Å². The zero-order valence-corrected chi connectivity index (χ0v) is 12.4. The van der Waals surface area contributed by atoms with E-state index in [1.165, 1.54) is 0 Å². The molecule has 0 aromatic rings. The number of carbonyl (C=O) groups excluding carboxylic acids is 1. The van der Waals surface area contributed by atoms with Crippen LogP contribution in [-0.4, -0.2) is 61.3 Å². The van der Waals surface area contributed by atoms with E-state index in [4.69, 9.17) is 9.84 Å². The normalized spacial score (nSPS) is 19.4. The van der Waals surface area contributed by atoms with Crippen LogP contribution < -0.4 is 5.32 Å². The van der Waals surface area contributed by atoms with Gasteiger partial charge < -0.3 is 15.2 Å². The Labute approximate surface area is 120 Å². The molecule has 1 atom stereocenters. The van der Waals surface area contributed by atoms with Gasteiger partial charge in [-0.25, -0.2) is 0 Å². The predicted octanol–water partition coefficient (Wildman–Crippen LogP) is 0.572. The van der Waals surface area contributed by atoms with Crippen molar-refractivity contribution in [3.05, 3.63) is 0 Å². The van der Waals surface area contributed by atoms with Crippen LogP contribution in [0, 0.1) is 11.8 Å². The molecule has 1 aliphatic rings. The number of hydrogen-bond donors (Lipinski definition) is 2. The third-order valence-electron chi connectivity index (χ3n) is 3.40. The van der Waals surface area contributed by atoms with Crippen molar-refractivity contribution in [1.82, 2.24) is 10.2 Å². The van der Waals surface area contributed by atoms with E-state index < -0.39 is 5.97 Å². The van der Waals surface area contributed by atoms with Crippen molar-refractivity contribution in [2.24, 2.45) is 11.8 Å². The van der Waals surface area contributed by atoms with Crippen LogP contribution in [0.15, 0.2) is 0 Å². The summed E-state index contributed by atoms with van der Waals surface area (Å²) in [4.78, 5) is 24.4. The number of nitrogens with one attached hydrogen (secondary N) is 1. The van der Waals surface area contributed by atoms with E-state index in [-0.39, 0.29) is 18.4 Å². The molecule has 1 aliphatic heterocycles. The van der Waals surface area contributed by atoms with Crippen molar-refractivity contribution in [3.8, 4) is 0 Å². The fourth-order valence-corrected chi connectivity index (χ4v) is 2.12. The van der Waals surface area contributed by atoms with E-state index in [0.29, 0.717) is 38.6 Å². The Morgan fingerprint density at radius 2 is 2.15 bits per heavy atom. The number of aliphatic carboxylic acids is 1. The maximum Gasteiger partial charge on any atom is 0.307 e. The van der Waals surface area contributed by atoms with Gasteiger partial charge in [0.1, 0.15) is 0 Å². The van der Waals surface area contributed by atoms with Gasteiger partial charge in [-0.05, 0) is 25.3 Å². The van der Waals surface area contributed by atoms with E-state index in [1.54, 1.807) is 0 Å². The highest BCUT2D eigenvalue weighted by Gasteiger charge is 2.28. The average Bonchev–Trinajstić information content (AvgIpc) is 2.81. The van der Waals surface area contributed by atoms with Gasteiger partial charge in [0.25, 0.3) is 0 Å². The summed E-state index contributed by atoms with van der Waals surface area (Å²) in [6.45, 7) is 7.46. The Morgan fingerprint density at radius 3 is 2.75 bits per heavy atom. The minimum atomic E-state index is -0.772. The highest BCUT2D eigenvalue weighted by atomic mass is 16.5. The second-order valence-electron chi connectivity index (χ2n) is 5.70. The zero-order valence-electron chi connectivity index (χ0n) is 12.4. The summed E-state index contributed by atoms with van der Waals surface area (Å²) in [5.41, 5.74) is 0. The Hall–Kier alpha value is -1.14. The molecule has 6 heteroatoms. The van der Waals surface area contributed by atoms with Crippen LogP contribution in [0.3, 0.4) is 0 Å². The number of rotatable bonds is 9. The Morgan fingerprint density at radius 1 is 1.40 bits per heavy atom. The Balaban J connectivity index is 2.02. The lowest BCUT2D eigenvalue weighted by atomic mass is 10.1. The summed E-state index contributed by atoms with van der Waals surface area (Å²) >= 11 is 0. The molecule has 0 aromatic carbocycles. The lowest BCUT2D eigenvalue weighted by Crippen LogP contribution is -2.37. The van der Waals surface area contributed by atoms with Crippen LogP contribution in [0.1, 0.15) is 26.7 Å². The summed E-state index contributed by atoms with van der Waals surface area (Å²) in [6.07, 6.45) is 1.65. The predicted molar refractivity (Wildman–Crippen MR) is 75.5 cm³/mol. The van der Waals surface area contributed by atoms with Crippen molar-refractivity contribution >= 4 is 11.9 Å². The summed E-state index contributed by atoms with van der Waals surface area (Å²) in [5, 5.41) is 11.7. The first kappa shape index (κ1) is 16.9. The molecule has 1 unspecified atom stereocenters. The maximum absolute atomic E-state index is 11.7. The molecule has 1 rings (SSSR count). The zero-order chi connectivity index (χ0) is 15.0. The number of amides is 1. The van der Waals surface area contributed by atoms with Crippen LogP contribution in [0.4, 0.5) is 0 Å². The van der Waals surface area contributed by atoms with E-state index >= 15 is 0 Å². The summed E-state index contributed by atoms with van der Waals surface area (Å²) < 4.78 is 5.41. The minimum absolute atomic E-state index is 0.0662. The second-order valence-corrected chi connectivity index (χ2v) is 5.70. The van der Waals surface area contributed by atoms with Gasteiger partial charge in [-0.2, -0.15) is 0 Å². The first-order valence-corrected chi connectivity index (χ1v) is 7.28. The molecule has 0 aromatic heterocycles. The lowest BCUT2D eigenvalue weighted by Gasteiger charge is -2.14. The molecule has 1 amide bonds. The van der Waals surface area contributed by atoms with Crippen molar-refractivity contribution in [1.29, 1.82) is 0 Å². The molecular weight excluding hydrogens is 260 g/mol. The maximum atomic E-state index is 11.7. The van der Waals surface area contributed by atoms with Gasteiger partial charge in [0.2, 0.25) is 5.91 Å². The monoisotopic (exact) mass is 286 g/mol. The highest BCUT2D eigenvalue weighted by molar-refractivity contribution is 5.78. The second kappa shape index (κ2) is 8.92. The van der Waals surface area contributed by atoms with Gasteiger partial charge in [-0.15, -0.1) is 0 Å². The summed E-state index contributed by atoms with van der Waals surface area (Å²) in [6, 6.07) is 0. The van der Waals surface area contributed by atoms with E-state index in [0.717, 1.165) is 13.0 Å². The smallest absolute Gasteiger partial charge is 0.307 e. The van der Waals surface area contributed by atoms with E-state index in [1.807, 2.05) is 4.90 Å². The largest absolute Gasteiger partial charge is 0.481 e. The van der Waals surface area contributed by atoms with E-state index in [9.17, 15) is 9.59 Å². The SMILES string of the molecule is CC(C)CCOCCNC(=O)CN1CCC(C(=O)O)C1. The van der Waals surface area contributed by atoms with Gasteiger partial charge in [-0.3, -0.25) is 14.5 Å². The van der Waals surface area contributed by atoms with Crippen molar-refractivity contribution in [3.63, 3.8) is 0 Å². The number of likely N-dealkylation sites (tertiary alicyclic amines) is 1. The molecule has 116 valence electrons. The topological polar surface area (TPSA) is 78.9 Å². The van der Waals surface area contributed by atoms with Gasteiger partial charge in [-0.1, -0.05) is 13.8 Å². The quantitative estimate of drug-likeness (QED) is 0.606. The molecule has 0 aliphatic carbocycles. The van der Waals surface area contributed by atoms with Crippen LogP contribution in [0.25, 0.3) is 0 Å². The van der Waals surface area contributed by atoms with Gasteiger partial charge in [0, 0.05) is 19.7 Å².